The second-order valence-electron chi connectivity index (χ2n) is 7.27. The molecule has 1 fully saturated rings. The Bertz CT molecular complexity index is 1100. The molecule has 28 heavy (non-hydrogen) atoms. The van der Waals surface area contributed by atoms with Crippen LogP contribution in [0.5, 0.6) is 0 Å². The van der Waals surface area contributed by atoms with Crippen LogP contribution in [0.25, 0.3) is 22.2 Å². The van der Waals surface area contributed by atoms with Gasteiger partial charge in [-0.05, 0) is 36.7 Å². The number of hydrogen-bond donors (Lipinski definition) is 1. The summed E-state index contributed by atoms with van der Waals surface area (Å²) in [5.74, 6) is 0.429. The number of rotatable bonds is 4. The van der Waals surface area contributed by atoms with Crippen molar-refractivity contribution >= 4 is 22.5 Å². The number of halogens is 1. The minimum Gasteiger partial charge on any atom is -0.298 e. The highest BCUT2D eigenvalue weighted by molar-refractivity contribution is 6.30. The highest BCUT2D eigenvalue weighted by atomic mass is 35.5. The van der Waals surface area contributed by atoms with Gasteiger partial charge >= 0.3 is 0 Å². The van der Waals surface area contributed by atoms with Gasteiger partial charge in [0, 0.05) is 35.0 Å². The summed E-state index contributed by atoms with van der Waals surface area (Å²) in [5, 5.41) is 9.33. The Balaban J connectivity index is 1.35. The second-order valence-corrected chi connectivity index (χ2v) is 7.71. The van der Waals surface area contributed by atoms with E-state index in [1.165, 1.54) is 16.6 Å². The van der Waals surface area contributed by atoms with E-state index in [0.29, 0.717) is 5.92 Å². The summed E-state index contributed by atoms with van der Waals surface area (Å²) in [4.78, 5) is 11.5. The van der Waals surface area contributed by atoms with Crippen molar-refractivity contribution in [3.8, 4) is 11.3 Å². The molecule has 0 spiro atoms. The van der Waals surface area contributed by atoms with Gasteiger partial charge < -0.3 is 0 Å². The zero-order valence-corrected chi connectivity index (χ0v) is 16.1. The summed E-state index contributed by atoms with van der Waals surface area (Å²) in [6.45, 7) is 2.91. The fourth-order valence-electron chi connectivity index (χ4n) is 4.09. The first-order valence-corrected chi connectivity index (χ1v) is 9.86. The van der Waals surface area contributed by atoms with Crippen molar-refractivity contribution in [2.45, 2.75) is 18.9 Å². The van der Waals surface area contributed by atoms with Crippen LogP contribution in [-0.4, -0.2) is 38.2 Å². The minimum absolute atomic E-state index is 0.429. The van der Waals surface area contributed by atoms with E-state index >= 15 is 0 Å². The second kappa shape index (κ2) is 7.34. The van der Waals surface area contributed by atoms with Crippen molar-refractivity contribution < 1.29 is 0 Å². The Kier molecular flexibility index (Phi) is 4.55. The molecule has 1 aliphatic heterocycles. The summed E-state index contributed by atoms with van der Waals surface area (Å²) in [7, 11) is 0. The number of hydrogen-bond acceptors (Lipinski definition) is 4. The molecule has 1 saturated heterocycles. The molecule has 6 heteroatoms. The quantitative estimate of drug-likeness (QED) is 0.551. The lowest BCUT2D eigenvalue weighted by Crippen LogP contribution is -2.20. The monoisotopic (exact) mass is 389 g/mol. The molecule has 1 N–H and O–H groups in total. The smallest absolute Gasteiger partial charge is 0.116 e. The molecule has 5 rings (SSSR count). The molecule has 0 bridgehead atoms. The first kappa shape index (κ1) is 17.3. The molecule has 0 radical (unpaired) electrons. The van der Waals surface area contributed by atoms with Gasteiger partial charge in [-0.1, -0.05) is 41.9 Å². The topological polar surface area (TPSA) is 57.7 Å². The molecule has 2 aromatic carbocycles. The number of nitrogens with zero attached hydrogens (tertiary/aromatic N) is 4. The molecular weight excluding hydrogens is 370 g/mol. The van der Waals surface area contributed by atoms with Gasteiger partial charge in [0.25, 0.3) is 0 Å². The predicted octanol–water partition coefficient (Wildman–Crippen LogP) is 4.66. The van der Waals surface area contributed by atoms with Crippen molar-refractivity contribution in [3.05, 3.63) is 77.3 Å². The van der Waals surface area contributed by atoms with Crippen molar-refractivity contribution in [1.29, 1.82) is 0 Å². The minimum atomic E-state index is 0.429. The Labute approximate surface area is 168 Å². The standard InChI is InChI=1S/C22H20ClN5/c23-18-7-5-15(6-8-18)21-17(11-26-27-21)13-28-10-9-16(12-28)22-19-3-1-2-4-20(19)24-14-25-22/h1-8,11,14,16H,9-10,12-13H2,(H,26,27). The molecule has 3 heterocycles. The lowest BCUT2D eigenvalue weighted by Gasteiger charge is -2.16. The van der Waals surface area contributed by atoms with E-state index in [4.69, 9.17) is 11.6 Å². The maximum atomic E-state index is 6.02. The van der Waals surface area contributed by atoms with Crippen LogP contribution < -0.4 is 0 Å². The summed E-state index contributed by atoms with van der Waals surface area (Å²) in [6, 6.07) is 16.1. The van der Waals surface area contributed by atoms with Crippen molar-refractivity contribution in [2.75, 3.05) is 13.1 Å². The molecule has 0 saturated carbocycles. The molecule has 4 aromatic rings. The van der Waals surface area contributed by atoms with Gasteiger partial charge in [0.15, 0.2) is 0 Å². The zero-order chi connectivity index (χ0) is 18.9. The lowest BCUT2D eigenvalue weighted by molar-refractivity contribution is 0.327. The molecule has 0 aliphatic carbocycles. The van der Waals surface area contributed by atoms with E-state index in [9.17, 15) is 0 Å². The van der Waals surface area contributed by atoms with Gasteiger partial charge in [0.2, 0.25) is 0 Å². The number of aromatic amines is 1. The average molecular weight is 390 g/mol. The molecule has 140 valence electrons. The first-order chi connectivity index (χ1) is 13.8. The van der Waals surface area contributed by atoms with E-state index in [1.54, 1.807) is 6.33 Å². The number of fused-ring (bicyclic) bond motifs is 1. The van der Waals surface area contributed by atoms with Crippen LogP contribution in [0, 0.1) is 0 Å². The molecule has 1 unspecified atom stereocenters. The van der Waals surface area contributed by atoms with E-state index in [0.717, 1.165) is 47.9 Å². The molecule has 5 nitrogen and oxygen atoms in total. The van der Waals surface area contributed by atoms with Crippen LogP contribution in [0.3, 0.4) is 0 Å². The van der Waals surface area contributed by atoms with Gasteiger partial charge in [-0.2, -0.15) is 5.10 Å². The number of para-hydroxylation sites is 1. The molecule has 1 atom stereocenters. The van der Waals surface area contributed by atoms with Crippen LogP contribution in [-0.2, 0) is 6.54 Å². The fourth-order valence-corrected chi connectivity index (χ4v) is 4.21. The molecule has 0 amide bonds. The van der Waals surface area contributed by atoms with Crippen LogP contribution in [0.15, 0.2) is 61.1 Å². The van der Waals surface area contributed by atoms with E-state index in [1.807, 2.05) is 36.5 Å². The third-order valence-electron chi connectivity index (χ3n) is 5.48. The first-order valence-electron chi connectivity index (χ1n) is 9.48. The maximum absolute atomic E-state index is 6.02. The third kappa shape index (κ3) is 3.28. The lowest BCUT2D eigenvalue weighted by atomic mass is 10.0. The van der Waals surface area contributed by atoms with Gasteiger partial charge in [-0.25, -0.2) is 9.97 Å². The fraction of sp³-hybridized carbons (Fsp3) is 0.227. The summed E-state index contributed by atoms with van der Waals surface area (Å²) < 4.78 is 0. The third-order valence-corrected chi connectivity index (χ3v) is 5.73. The normalized spacial score (nSPS) is 17.4. The Morgan fingerprint density at radius 3 is 2.82 bits per heavy atom. The zero-order valence-electron chi connectivity index (χ0n) is 15.3. The van der Waals surface area contributed by atoms with E-state index in [2.05, 4.69) is 43.3 Å². The van der Waals surface area contributed by atoms with Crippen LogP contribution in [0.1, 0.15) is 23.6 Å². The van der Waals surface area contributed by atoms with Crippen LogP contribution in [0.4, 0.5) is 0 Å². The van der Waals surface area contributed by atoms with Crippen LogP contribution in [0.2, 0.25) is 5.02 Å². The van der Waals surface area contributed by atoms with E-state index < -0.39 is 0 Å². The summed E-state index contributed by atoms with van der Waals surface area (Å²) >= 11 is 6.02. The number of benzene rings is 2. The van der Waals surface area contributed by atoms with Gasteiger partial charge in [-0.3, -0.25) is 10.00 Å². The van der Waals surface area contributed by atoms with Crippen molar-refractivity contribution in [2.24, 2.45) is 0 Å². The van der Waals surface area contributed by atoms with Crippen molar-refractivity contribution in [3.63, 3.8) is 0 Å². The number of nitrogens with one attached hydrogen (secondary N) is 1. The number of aromatic nitrogens is 4. The molecular formula is C22H20ClN5. The van der Waals surface area contributed by atoms with E-state index in [-0.39, 0.29) is 0 Å². The van der Waals surface area contributed by atoms with Gasteiger partial charge in [-0.15, -0.1) is 0 Å². The SMILES string of the molecule is Clc1ccc(-c2[nH]ncc2CN2CCC(c3ncnc4ccccc34)C2)cc1. The summed E-state index contributed by atoms with van der Waals surface area (Å²) in [6.07, 6.45) is 4.72. The van der Waals surface area contributed by atoms with Crippen LogP contribution >= 0.6 is 11.6 Å². The summed E-state index contributed by atoms with van der Waals surface area (Å²) in [5.41, 5.74) is 5.56. The van der Waals surface area contributed by atoms with Gasteiger partial charge in [0.05, 0.1) is 23.1 Å². The maximum Gasteiger partial charge on any atom is 0.116 e. The van der Waals surface area contributed by atoms with Gasteiger partial charge in [0.1, 0.15) is 6.33 Å². The highest BCUT2D eigenvalue weighted by Crippen LogP contribution is 2.32. The average Bonchev–Trinajstić information content (AvgIpc) is 3.38. The molecule has 2 aromatic heterocycles. The largest absolute Gasteiger partial charge is 0.298 e. The Morgan fingerprint density at radius 1 is 1.07 bits per heavy atom. The van der Waals surface area contributed by atoms with Crippen molar-refractivity contribution in [1.82, 2.24) is 25.1 Å². The predicted molar refractivity (Wildman–Crippen MR) is 111 cm³/mol. The molecule has 1 aliphatic rings. The highest BCUT2D eigenvalue weighted by Gasteiger charge is 2.27. The Hall–Kier alpha value is -2.76. The number of H-pyrrole nitrogens is 1. The number of likely N-dealkylation sites (tertiary alicyclic amines) is 1. The Morgan fingerprint density at radius 2 is 1.93 bits per heavy atom.